The van der Waals surface area contributed by atoms with Gasteiger partial charge in [0.05, 0.1) is 0 Å². The normalized spacial score (nSPS) is 47.8. The third-order valence-corrected chi connectivity index (χ3v) is 7.77. The lowest BCUT2D eigenvalue weighted by molar-refractivity contribution is -0.186. The lowest BCUT2D eigenvalue weighted by Gasteiger charge is -2.44. The number of esters is 1. The van der Waals surface area contributed by atoms with Crippen LogP contribution in [0.25, 0.3) is 0 Å². The summed E-state index contributed by atoms with van der Waals surface area (Å²) in [6.07, 6.45) is 4.96. The van der Waals surface area contributed by atoms with E-state index in [4.69, 9.17) is 9.29 Å². The van der Waals surface area contributed by atoms with Crippen LogP contribution in [-0.2, 0) is 19.6 Å². The third kappa shape index (κ3) is 1.97. The Hall–Kier alpha value is -0.760. The molecule has 4 rings (SSSR count). The van der Waals surface area contributed by atoms with Gasteiger partial charge in [-0.3, -0.25) is 4.55 Å². The van der Waals surface area contributed by atoms with E-state index in [1.54, 1.807) is 6.92 Å². The topological polar surface area (TPSA) is 80.7 Å². The lowest BCUT2D eigenvalue weighted by Crippen LogP contribution is -2.49. The maximum absolute atomic E-state index is 13.5. The molecule has 4 aliphatic carbocycles. The molecule has 7 unspecified atom stereocenters. The Labute approximate surface area is 133 Å². The number of carbonyl (C=O) groups is 1. The minimum Gasteiger partial charge on any atom is -0.454 e. The van der Waals surface area contributed by atoms with E-state index in [1.807, 2.05) is 0 Å². The second-order valence-corrected chi connectivity index (χ2v) is 9.45. The van der Waals surface area contributed by atoms with Gasteiger partial charge in [-0.2, -0.15) is 17.2 Å². The largest absolute Gasteiger partial charge is 0.465 e. The molecule has 7 atom stereocenters. The van der Waals surface area contributed by atoms with Crippen LogP contribution in [0.1, 0.15) is 39.0 Å². The maximum atomic E-state index is 13.5. The Bertz CT molecular complexity index is 663. The first-order valence-electron chi connectivity index (χ1n) is 8.13. The Kier molecular flexibility index (Phi) is 3.04. The highest BCUT2D eigenvalue weighted by molar-refractivity contribution is 7.87. The lowest BCUT2D eigenvalue weighted by atomic mass is 9.66. The molecule has 0 aromatic rings. The Morgan fingerprint density at radius 1 is 1.17 bits per heavy atom. The number of rotatable bonds is 3. The Morgan fingerprint density at radius 2 is 1.78 bits per heavy atom. The Balaban J connectivity index is 1.56. The maximum Gasteiger partial charge on any atom is 0.465 e. The van der Waals surface area contributed by atoms with Crippen molar-refractivity contribution in [3.05, 3.63) is 0 Å². The number of carbonyl (C=O) groups excluding carboxylic acids is 1. The van der Waals surface area contributed by atoms with E-state index in [2.05, 4.69) is 0 Å². The van der Waals surface area contributed by atoms with E-state index in [0.717, 1.165) is 18.8 Å². The average molecular weight is 350 g/mol. The summed E-state index contributed by atoms with van der Waals surface area (Å²) in [6, 6.07) is 0. The van der Waals surface area contributed by atoms with Gasteiger partial charge in [0, 0.05) is 5.92 Å². The van der Waals surface area contributed by atoms with E-state index in [-0.39, 0.29) is 5.92 Å². The molecule has 0 aromatic carbocycles. The van der Waals surface area contributed by atoms with Crippen LogP contribution in [0, 0.1) is 35.5 Å². The minimum absolute atomic E-state index is 0.0222. The summed E-state index contributed by atoms with van der Waals surface area (Å²) >= 11 is 0. The summed E-state index contributed by atoms with van der Waals surface area (Å²) in [5, 5.41) is -4.91. The minimum atomic E-state index is -5.82. The van der Waals surface area contributed by atoms with Crippen molar-refractivity contribution in [2.24, 2.45) is 35.5 Å². The van der Waals surface area contributed by atoms with Gasteiger partial charge in [0.1, 0.15) is 5.60 Å². The highest BCUT2D eigenvalue weighted by Gasteiger charge is 2.68. The predicted molar refractivity (Wildman–Crippen MR) is 75.0 cm³/mol. The molecule has 4 fully saturated rings. The first-order chi connectivity index (χ1) is 10.5. The van der Waals surface area contributed by atoms with Crippen LogP contribution in [0.3, 0.4) is 0 Å². The average Bonchev–Trinajstić information content (AvgIpc) is 3.13. The number of halogens is 2. The van der Waals surface area contributed by atoms with Gasteiger partial charge in [0.15, 0.2) is 0 Å². The van der Waals surface area contributed by atoms with Crippen LogP contribution in [-0.4, -0.2) is 29.8 Å². The third-order valence-electron chi connectivity index (χ3n) is 6.95. The van der Waals surface area contributed by atoms with Crippen molar-refractivity contribution in [1.29, 1.82) is 0 Å². The van der Waals surface area contributed by atoms with E-state index >= 15 is 0 Å². The summed E-state index contributed by atoms with van der Waals surface area (Å²) < 4.78 is 62.0. The van der Waals surface area contributed by atoms with Gasteiger partial charge in [-0.15, -0.1) is 0 Å². The fourth-order valence-corrected chi connectivity index (χ4v) is 6.61. The molecule has 0 saturated heterocycles. The van der Waals surface area contributed by atoms with E-state index in [0.29, 0.717) is 30.1 Å². The van der Waals surface area contributed by atoms with E-state index < -0.39 is 26.9 Å². The van der Waals surface area contributed by atoms with Crippen molar-refractivity contribution in [1.82, 2.24) is 0 Å². The predicted octanol–water partition coefficient (Wildman–Crippen LogP) is 2.47. The molecule has 130 valence electrons. The van der Waals surface area contributed by atoms with Crippen molar-refractivity contribution in [2.45, 2.75) is 49.9 Å². The molecule has 0 radical (unpaired) electrons. The molecule has 4 aliphatic rings. The summed E-state index contributed by atoms with van der Waals surface area (Å²) in [7, 11) is -5.82. The van der Waals surface area contributed by atoms with Crippen molar-refractivity contribution < 1.29 is 31.3 Å². The second kappa shape index (κ2) is 4.45. The Morgan fingerprint density at radius 3 is 2.39 bits per heavy atom. The van der Waals surface area contributed by atoms with Crippen LogP contribution >= 0.6 is 0 Å². The van der Waals surface area contributed by atoms with Gasteiger partial charge >= 0.3 is 21.3 Å². The first kappa shape index (κ1) is 15.7. The molecule has 4 saturated carbocycles. The van der Waals surface area contributed by atoms with Crippen LogP contribution in [0.4, 0.5) is 8.78 Å². The molecular weight excluding hydrogens is 330 g/mol. The van der Waals surface area contributed by atoms with Crippen LogP contribution < -0.4 is 0 Å². The molecule has 1 N–H and O–H groups in total. The van der Waals surface area contributed by atoms with Crippen molar-refractivity contribution in [3.8, 4) is 0 Å². The second-order valence-electron chi connectivity index (χ2n) is 7.99. The molecule has 23 heavy (non-hydrogen) atoms. The van der Waals surface area contributed by atoms with Crippen molar-refractivity contribution in [2.75, 3.05) is 0 Å². The first-order valence-corrected chi connectivity index (χ1v) is 9.57. The van der Waals surface area contributed by atoms with Gasteiger partial charge < -0.3 is 4.74 Å². The van der Waals surface area contributed by atoms with Gasteiger partial charge in [-0.05, 0) is 68.6 Å². The van der Waals surface area contributed by atoms with Gasteiger partial charge in [-0.25, -0.2) is 4.79 Å². The number of alkyl halides is 2. The summed E-state index contributed by atoms with van der Waals surface area (Å²) in [4.78, 5) is 11.7. The molecule has 0 aliphatic heterocycles. The van der Waals surface area contributed by atoms with Crippen LogP contribution in [0.15, 0.2) is 0 Å². The van der Waals surface area contributed by atoms with Crippen molar-refractivity contribution >= 4 is 16.1 Å². The smallest absolute Gasteiger partial charge is 0.454 e. The molecule has 4 bridgehead atoms. The zero-order valence-corrected chi connectivity index (χ0v) is 13.6. The summed E-state index contributed by atoms with van der Waals surface area (Å²) in [5.74, 6) is 0.568. The van der Waals surface area contributed by atoms with Crippen LogP contribution in [0.2, 0.25) is 0 Å². The number of ether oxygens (including phenoxy) is 1. The van der Waals surface area contributed by atoms with Gasteiger partial charge in [-0.1, -0.05) is 0 Å². The number of hydrogen-bond donors (Lipinski definition) is 1. The molecule has 0 spiro atoms. The highest BCUT2D eigenvalue weighted by atomic mass is 32.2. The van der Waals surface area contributed by atoms with Crippen molar-refractivity contribution in [3.63, 3.8) is 0 Å². The van der Waals surface area contributed by atoms with Crippen LogP contribution in [0.5, 0.6) is 0 Å². The molecule has 0 amide bonds. The molecule has 0 aromatic heterocycles. The number of fused-ring (bicyclic) bond motifs is 9. The molecule has 8 heteroatoms. The summed E-state index contributed by atoms with van der Waals surface area (Å²) in [5.41, 5.74) is -1.05. The van der Waals surface area contributed by atoms with Gasteiger partial charge in [0.2, 0.25) is 0 Å². The van der Waals surface area contributed by atoms with E-state index in [9.17, 15) is 22.0 Å². The monoisotopic (exact) mass is 350 g/mol. The quantitative estimate of drug-likeness (QED) is 0.480. The summed E-state index contributed by atoms with van der Waals surface area (Å²) in [6.45, 7) is 1.64. The standard InChI is InChI=1S/C15H20F2O5S/c1-14(22-13(18)15(16,17)23(19,20)21)6-9-5-10(14)12-8-3-2-7(4-8)11(9)12/h7-12H,2-6H2,1H3,(H,19,20,21). The number of hydrogen-bond acceptors (Lipinski definition) is 4. The molecular formula is C15H20F2O5S. The SMILES string of the molecule is CC1(OC(=O)C(F)(F)S(=O)(=O)O)CC2CC1C1C3CCC(C3)C21. The fourth-order valence-electron chi connectivity index (χ4n) is 6.36. The van der Waals surface area contributed by atoms with Gasteiger partial charge in [0.25, 0.3) is 0 Å². The zero-order chi connectivity index (χ0) is 16.8. The molecule has 0 heterocycles. The molecule has 5 nitrogen and oxygen atoms in total. The zero-order valence-electron chi connectivity index (χ0n) is 12.7. The highest BCUT2D eigenvalue weighted by Crippen LogP contribution is 2.70. The van der Waals surface area contributed by atoms with E-state index in [1.165, 1.54) is 12.8 Å². The fraction of sp³-hybridized carbons (Fsp3) is 0.933.